The summed E-state index contributed by atoms with van der Waals surface area (Å²) in [5.74, 6) is -5.06. The molecule has 0 aliphatic carbocycles. The van der Waals surface area contributed by atoms with E-state index in [0.29, 0.717) is 28.9 Å². The van der Waals surface area contributed by atoms with Gasteiger partial charge < -0.3 is 57.2 Å². The molecular weight excluding hydrogens is 740 g/mol. The Morgan fingerprint density at radius 1 is 0.737 bits per heavy atom. The number of hydrogen-bond donors (Lipinski definition) is 10. The number of imidazole rings is 2. The minimum Gasteiger partial charge on any atom is -0.508 e. The molecule has 2 aromatic carbocycles. The first-order chi connectivity index (χ1) is 27.4. The summed E-state index contributed by atoms with van der Waals surface area (Å²) in [7, 11) is 0. The van der Waals surface area contributed by atoms with E-state index >= 15 is 0 Å². The molecule has 4 aromatic rings. The second-order valence-electron chi connectivity index (χ2n) is 13.7. The van der Waals surface area contributed by atoms with Crippen molar-refractivity contribution >= 4 is 35.5 Å². The van der Waals surface area contributed by atoms with E-state index in [1.165, 1.54) is 42.1 Å². The highest BCUT2D eigenvalue weighted by Gasteiger charge is 2.40. The summed E-state index contributed by atoms with van der Waals surface area (Å²) < 4.78 is 0. The Morgan fingerprint density at radius 2 is 1.32 bits per heavy atom. The van der Waals surface area contributed by atoms with Gasteiger partial charge in [0.25, 0.3) is 0 Å². The quantitative estimate of drug-likeness (QED) is 0.0517. The van der Waals surface area contributed by atoms with Crippen molar-refractivity contribution in [3.8, 4) is 5.75 Å². The number of carbonyl (C=O) groups excluding carboxylic acids is 5. The molecule has 0 radical (unpaired) electrons. The number of aliphatic hydroxyl groups is 1. The topological polar surface area (TPSA) is 298 Å². The first-order valence-corrected chi connectivity index (χ1v) is 18.3. The van der Waals surface area contributed by atoms with E-state index in [0.717, 1.165) is 0 Å². The Hall–Kier alpha value is -6.60. The number of aromatic amines is 2. The smallest absolute Gasteiger partial charge is 0.326 e. The lowest BCUT2D eigenvalue weighted by atomic mass is 10.0. The fraction of sp³-hybridized carbons (Fsp3) is 0.368. The normalized spacial score (nSPS) is 16.4. The Morgan fingerprint density at radius 3 is 1.93 bits per heavy atom. The molecule has 0 bridgehead atoms. The van der Waals surface area contributed by atoms with Crippen LogP contribution in [0.5, 0.6) is 5.75 Å². The molecule has 19 heteroatoms. The van der Waals surface area contributed by atoms with E-state index in [1.807, 2.05) is 0 Å². The highest BCUT2D eigenvalue weighted by molar-refractivity contribution is 5.97. The number of phenolic OH excluding ortho intramolecular Hbond substituents is 1. The number of aliphatic carboxylic acids is 1. The van der Waals surface area contributed by atoms with Crippen molar-refractivity contribution in [2.45, 2.75) is 74.8 Å². The predicted molar refractivity (Wildman–Crippen MR) is 202 cm³/mol. The summed E-state index contributed by atoms with van der Waals surface area (Å²) in [6.07, 6.45) is 6.34. The zero-order valence-corrected chi connectivity index (χ0v) is 30.8. The van der Waals surface area contributed by atoms with Crippen molar-refractivity contribution in [2.24, 2.45) is 5.73 Å². The van der Waals surface area contributed by atoms with Gasteiger partial charge in [0.15, 0.2) is 0 Å². The van der Waals surface area contributed by atoms with Gasteiger partial charge in [-0.2, -0.15) is 0 Å². The molecule has 1 aliphatic rings. The van der Waals surface area contributed by atoms with Gasteiger partial charge in [-0.15, -0.1) is 0 Å². The maximum absolute atomic E-state index is 14.1. The number of carboxylic acids is 1. The molecule has 6 atom stereocenters. The molecule has 11 N–H and O–H groups in total. The van der Waals surface area contributed by atoms with Crippen LogP contribution in [0.2, 0.25) is 0 Å². The van der Waals surface area contributed by atoms with Gasteiger partial charge >= 0.3 is 5.97 Å². The number of likely N-dealkylation sites (tertiary alicyclic amines) is 1. The van der Waals surface area contributed by atoms with Crippen LogP contribution < -0.4 is 27.0 Å². The third kappa shape index (κ3) is 11.7. The van der Waals surface area contributed by atoms with E-state index in [9.17, 15) is 44.1 Å². The number of aliphatic hydroxyl groups excluding tert-OH is 1. The molecule has 302 valence electrons. The van der Waals surface area contributed by atoms with Crippen LogP contribution in [0.4, 0.5) is 0 Å². The van der Waals surface area contributed by atoms with Crippen molar-refractivity contribution < 1.29 is 44.1 Å². The fourth-order valence-corrected chi connectivity index (χ4v) is 6.46. The molecule has 1 saturated heterocycles. The SMILES string of the molecule is N[C@@H](Cc1cnc[nH]1)C(=O)N[C@@H](Cc1ccc(O)cc1)C(=O)N[C@@H](CO)C(=O)N[C@@H](Cc1cnc[nH]1)C(=O)N1CCC[C@H]1C(=O)N[C@@H](Cc1ccccc1)C(=O)O. The average Bonchev–Trinajstić information content (AvgIpc) is 4.01. The number of hydrogen-bond acceptors (Lipinski definition) is 11. The summed E-state index contributed by atoms with van der Waals surface area (Å²) in [6.45, 7) is -0.751. The van der Waals surface area contributed by atoms with Crippen LogP contribution in [-0.2, 0) is 54.5 Å². The molecule has 57 heavy (non-hydrogen) atoms. The van der Waals surface area contributed by atoms with Crippen molar-refractivity contribution in [1.29, 1.82) is 0 Å². The van der Waals surface area contributed by atoms with E-state index in [-0.39, 0.29) is 44.4 Å². The monoisotopic (exact) mass is 786 g/mol. The number of benzene rings is 2. The number of aromatic nitrogens is 4. The summed E-state index contributed by atoms with van der Waals surface area (Å²) in [5.41, 5.74) is 8.39. The molecule has 19 nitrogen and oxygen atoms in total. The van der Waals surface area contributed by atoms with Gasteiger partial charge in [-0.3, -0.25) is 24.0 Å². The van der Waals surface area contributed by atoms with E-state index in [2.05, 4.69) is 41.2 Å². The maximum atomic E-state index is 14.1. The highest BCUT2D eigenvalue weighted by atomic mass is 16.4. The van der Waals surface area contributed by atoms with Gasteiger partial charge in [0.2, 0.25) is 29.5 Å². The number of nitrogens with two attached hydrogens (primary N) is 1. The summed E-state index contributed by atoms with van der Waals surface area (Å²) in [6, 6.07) is 7.09. The number of nitrogens with one attached hydrogen (secondary N) is 6. The largest absolute Gasteiger partial charge is 0.508 e. The van der Waals surface area contributed by atoms with Crippen LogP contribution in [0, 0.1) is 0 Å². The number of amides is 5. The molecule has 0 saturated carbocycles. The van der Waals surface area contributed by atoms with Crippen LogP contribution in [0.15, 0.2) is 79.6 Å². The van der Waals surface area contributed by atoms with E-state index in [1.54, 1.807) is 42.5 Å². The maximum Gasteiger partial charge on any atom is 0.326 e. The number of carbonyl (C=O) groups is 6. The molecule has 5 amide bonds. The number of rotatable bonds is 19. The molecule has 5 rings (SSSR count). The molecule has 0 spiro atoms. The molecule has 1 fully saturated rings. The lowest BCUT2D eigenvalue weighted by molar-refractivity contribution is -0.145. The third-order valence-electron chi connectivity index (χ3n) is 9.49. The van der Waals surface area contributed by atoms with Crippen LogP contribution in [0.25, 0.3) is 0 Å². The highest BCUT2D eigenvalue weighted by Crippen LogP contribution is 2.20. The standard InChI is InChI=1S/C38H46N10O9/c39-27(15-24-17-40-20-42-24)33(51)44-28(13-23-8-10-26(50)11-9-23)34(52)47-31(19-49)35(53)45-29(16-25-18-41-21-43-25)37(55)48-12-4-7-32(48)36(54)46-30(38(56)57)14-22-5-2-1-3-6-22/h1-3,5-6,8-11,17-18,20-21,27-32,49-50H,4,7,12-16,19,39H2,(H,40,42)(H,41,43)(H,44,51)(H,45,53)(H,46,54)(H,47,52)(H,56,57)/t27-,28-,29-,30-,31-,32-/m0/s1. The summed E-state index contributed by atoms with van der Waals surface area (Å²) in [5, 5.41) is 40.1. The van der Waals surface area contributed by atoms with Gasteiger partial charge in [-0.05, 0) is 36.1 Å². The first kappa shape index (κ1) is 41.6. The number of carboxylic acid groups (broad SMARTS) is 1. The molecule has 3 heterocycles. The Labute approximate surface area is 326 Å². The average molecular weight is 787 g/mol. The minimum atomic E-state index is -1.60. The van der Waals surface area contributed by atoms with Crippen LogP contribution in [-0.4, -0.2) is 125 Å². The van der Waals surface area contributed by atoms with Crippen molar-refractivity contribution in [2.75, 3.05) is 13.2 Å². The van der Waals surface area contributed by atoms with Crippen molar-refractivity contribution in [3.63, 3.8) is 0 Å². The predicted octanol–water partition coefficient (Wildman–Crippen LogP) is -1.56. The molecule has 2 aromatic heterocycles. The number of phenols is 1. The van der Waals surface area contributed by atoms with Crippen LogP contribution >= 0.6 is 0 Å². The zero-order valence-electron chi connectivity index (χ0n) is 30.8. The lowest BCUT2D eigenvalue weighted by Gasteiger charge is -2.30. The second-order valence-corrected chi connectivity index (χ2v) is 13.7. The Kier molecular flexibility index (Phi) is 14.5. The van der Waals surface area contributed by atoms with Gasteiger partial charge in [-0.25, -0.2) is 14.8 Å². The minimum absolute atomic E-state index is 0.0185. The summed E-state index contributed by atoms with van der Waals surface area (Å²) >= 11 is 0. The van der Waals surface area contributed by atoms with Crippen LogP contribution in [0.1, 0.15) is 35.4 Å². The number of nitrogens with zero attached hydrogens (tertiary/aromatic N) is 3. The molecular formula is C38H46N10O9. The Bertz CT molecular complexity index is 1960. The van der Waals surface area contributed by atoms with Crippen molar-refractivity contribution in [1.82, 2.24) is 46.1 Å². The summed E-state index contributed by atoms with van der Waals surface area (Å²) in [4.78, 5) is 95.2. The fourth-order valence-electron chi connectivity index (χ4n) is 6.46. The molecule has 0 unspecified atom stereocenters. The molecule has 1 aliphatic heterocycles. The first-order valence-electron chi connectivity index (χ1n) is 18.3. The van der Waals surface area contributed by atoms with Crippen LogP contribution in [0.3, 0.4) is 0 Å². The third-order valence-corrected chi connectivity index (χ3v) is 9.49. The van der Waals surface area contributed by atoms with Gasteiger partial charge in [0, 0.05) is 56.0 Å². The Balaban J connectivity index is 1.29. The van der Waals surface area contributed by atoms with Gasteiger partial charge in [0.05, 0.1) is 25.3 Å². The van der Waals surface area contributed by atoms with Gasteiger partial charge in [0.1, 0.15) is 36.0 Å². The lowest BCUT2D eigenvalue weighted by Crippen LogP contribution is -2.60. The zero-order chi connectivity index (χ0) is 40.9. The number of aromatic hydroxyl groups is 1. The van der Waals surface area contributed by atoms with E-state index in [4.69, 9.17) is 5.73 Å². The van der Waals surface area contributed by atoms with E-state index < -0.39 is 78.4 Å². The number of H-pyrrole nitrogens is 2. The van der Waals surface area contributed by atoms with Gasteiger partial charge in [-0.1, -0.05) is 42.5 Å². The second kappa shape index (κ2) is 19.8. The van der Waals surface area contributed by atoms with Crippen molar-refractivity contribution in [3.05, 3.63) is 102 Å².